The predicted octanol–water partition coefficient (Wildman–Crippen LogP) is 2.38. The number of fused-ring (bicyclic) bond motifs is 1. The number of benzene rings is 2. The first kappa shape index (κ1) is 16.3. The fourth-order valence-electron chi connectivity index (χ4n) is 2.58. The molecule has 0 aliphatic rings. The van der Waals surface area contributed by atoms with E-state index in [-0.39, 0.29) is 5.56 Å². The van der Waals surface area contributed by atoms with Gasteiger partial charge in [-0.3, -0.25) is 4.79 Å². The molecule has 130 valence electrons. The Bertz CT molecular complexity index is 1180. The average Bonchev–Trinajstić information content (AvgIpc) is 3.22. The molecule has 7 heteroatoms. The van der Waals surface area contributed by atoms with Crippen molar-refractivity contribution in [1.82, 2.24) is 14.6 Å². The van der Waals surface area contributed by atoms with Crippen molar-refractivity contribution in [3.05, 3.63) is 69.0 Å². The molecule has 0 aliphatic carbocycles. The summed E-state index contributed by atoms with van der Waals surface area (Å²) >= 11 is 1.31. The van der Waals surface area contributed by atoms with Crippen LogP contribution < -0.4 is 19.6 Å². The van der Waals surface area contributed by atoms with Crippen molar-refractivity contribution in [2.24, 2.45) is 0 Å². The zero-order chi connectivity index (χ0) is 18.1. The third-order valence-electron chi connectivity index (χ3n) is 3.92. The van der Waals surface area contributed by atoms with Gasteiger partial charge in [-0.05, 0) is 48.0 Å². The minimum Gasteiger partial charge on any atom is -0.497 e. The van der Waals surface area contributed by atoms with E-state index >= 15 is 0 Å². The molecule has 4 aromatic rings. The Labute approximate surface area is 153 Å². The van der Waals surface area contributed by atoms with Crippen molar-refractivity contribution in [2.75, 3.05) is 14.2 Å². The molecule has 0 amide bonds. The molecule has 2 aromatic heterocycles. The Morgan fingerprint density at radius 1 is 1.04 bits per heavy atom. The van der Waals surface area contributed by atoms with Crippen LogP contribution in [0.5, 0.6) is 11.5 Å². The van der Waals surface area contributed by atoms with Crippen LogP contribution in [0.1, 0.15) is 5.56 Å². The molecule has 6 nitrogen and oxygen atoms in total. The Kier molecular flexibility index (Phi) is 4.14. The summed E-state index contributed by atoms with van der Waals surface area (Å²) in [5.74, 6) is 2.02. The first-order chi connectivity index (χ1) is 12.7. The zero-order valence-corrected chi connectivity index (χ0v) is 15.0. The Hall–Kier alpha value is -3.19. The summed E-state index contributed by atoms with van der Waals surface area (Å²) in [5, 5.41) is 4.35. The van der Waals surface area contributed by atoms with Gasteiger partial charge >= 0.3 is 0 Å². The van der Waals surface area contributed by atoms with Gasteiger partial charge in [0.25, 0.3) is 5.56 Å². The molecule has 26 heavy (non-hydrogen) atoms. The van der Waals surface area contributed by atoms with E-state index in [1.807, 2.05) is 54.6 Å². The quantitative estimate of drug-likeness (QED) is 0.556. The maximum absolute atomic E-state index is 12.6. The molecule has 0 bridgehead atoms. The molecule has 4 rings (SSSR count). The lowest BCUT2D eigenvalue weighted by atomic mass is 10.2. The van der Waals surface area contributed by atoms with Gasteiger partial charge in [-0.1, -0.05) is 23.5 Å². The van der Waals surface area contributed by atoms with Gasteiger partial charge < -0.3 is 9.47 Å². The lowest BCUT2D eigenvalue weighted by molar-refractivity contribution is 0.414. The fourth-order valence-corrected chi connectivity index (χ4v) is 3.49. The van der Waals surface area contributed by atoms with Crippen LogP contribution in [0.15, 0.2) is 53.3 Å². The van der Waals surface area contributed by atoms with Crippen LogP contribution in [0.2, 0.25) is 0 Å². The van der Waals surface area contributed by atoms with Gasteiger partial charge in [0.2, 0.25) is 4.96 Å². The van der Waals surface area contributed by atoms with Crippen LogP contribution in [0.4, 0.5) is 0 Å². The number of hydrogen-bond donors (Lipinski definition) is 0. The molecule has 2 heterocycles. The van der Waals surface area contributed by atoms with Crippen LogP contribution in [0.25, 0.3) is 22.4 Å². The Balaban J connectivity index is 1.75. The van der Waals surface area contributed by atoms with Crippen LogP contribution in [0, 0.1) is 0 Å². The first-order valence-corrected chi connectivity index (χ1v) is 8.69. The highest BCUT2D eigenvalue weighted by molar-refractivity contribution is 7.15. The Morgan fingerprint density at radius 2 is 1.81 bits per heavy atom. The third kappa shape index (κ3) is 2.93. The van der Waals surface area contributed by atoms with Crippen molar-refractivity contribution in [1.29, 1.82) is 0 Å². The van der Waals surface area contributed by atoms with E-state index in [2.05, 4.69) is 10.1 Å². The van der Waals surface area contributed by atoms with Gasteiger partial charge in [-0.2, -0.15) is 9.50 Å². The van der Waals surface area contributed by atoms with Crippen LogP contribution >= 0.6 is 11.3 Å². The molecular formula is C19H15N3O3S. The Morgan fingerprint density at radius 3 is 2.50 bits per heavy atom. The molecule has 2 aromatic carbocycles. The molecule has 0 saturated carbocycles. The number of aromatic nitrogens is 3. The molecule has 0 fully saturated rings. The maximum atomic E-state index is 12.6. The predicted molar refractivity (Wildman–Crippen MR) is 101 cm³/mol. The summed E-state index contributed by atoms with van der Waals surface area (Å²) in [6, 6.07) is 14.9. The topological polar surface area (TPSA) is 65.7 Å². The summed E-state index contributed by atoms with van der Waals surface area (Å²) in [5.41, 5.74) is 1.54. The lowest BCUT2D eigenvalue weighted by Gasteiger charge is -1.99. The second-order valence-electron chi connectivity index (χ2n) is 5.55. The highest BCUT2D eigenvalue weighted by atomic mass is 32.1. The van der Waals surface area contributed by atoms with Crippen molar-refractivity contribution < 1.29 is 9.47 Å². The second-order valence-corrected chi connectivity index (χ2v) is 6.56. The second kappa shape index (κ2) is 6.61. The van der Waals surface area contributed by atoms with Crippen LogP contribution in [-0.4, -0.2) is 28.8 Å². The molecule has 0 atom stereocenters. The molecule has 0 unspecified atom stereocenters. The fraction of sp³-hybridized carbons (Fsp3) is 0.105. The monoisotopic (exact) mass is 365 g/mol. The summed E-state index contributed by atoms with van der Waals surface area (Å²) in [6.45, 7) is 0. The maximum Gasteiger partial charge on any atom is 0.291 e. The van der Waals surface area contributed by atoms with Crippen molar-refractivity contribution in [3.8, 4) is 22.9 Å². The van der Waals surface area contributed by atoms with Crippen molar-refractivity contribution in [3.63, 3.8) is 0 Å². The minimum atomic E-state index is -0.180. The number of methoxy groups -OCH3 is 2. The van der Waals surface area contributed by atoms with Gasteiger partial charge in [0.15, 0.2) is 5.82 Å². The summed E-state index contributed by atoms with van der Waals surface area (Å²) in [6.07, 6.45) is 1.82. The molecule has 0 saturated heterocycles. The van der Waals surface area contributed by atoms with Gasteiger partial charge in [0, 0.05) is 5.56 Å². The number of hydrogen-bond acceptors (Lipinski definition) is 6. The molecule has 0 aliphatic heterocycles. The summed E-state index contributed by atoms with van der Waals surface area (Å²) in [4.78, 5) is 17.7. The summed E-state index contributed by atoms with van der Waals surface area (Å²) < 4.78 is 12.3. The molecule has 0 N–H and O–H groups in total. The largest absolute Gasteiger partial charge is 0.497 e. The van der Waals surface area contributed by atoms with E-state index < -0.39 is 0 Å². The van der Waals surface area contributed by atoms with Crippen LogP contribution in [0.3, 0.4) is 0 Å². The van der Waals surface area contributed by atoms with Gasteiger partial charge in [0.05, 0.1) is 18.8 Å². The normalized spacial score (nSPS) is 11.8. The van der Waals surface area contributed by atoms with Gasteiger partial charge in [-0.25, -0.2) is 0 Å². The van der Waals surface area contributed by atoms with Crippen LogP contribution in [-0.2, 0) is 0 Å². The first-order valence-electron chi connectivity index (χ1n) is 7.88. The lowest BCUT2D eigenvalue weighted by Crippen LogP contribution is -2.23. The van der Waals surface area contributed by atoms with Gasteiger partial charge in [0.1, 0.15) is 11.5 Å². The van der Waals surface area contributed by atoms with E-state index in [1.54, 1.807) is 14.2 Å². The number of nitrogens with zero attached hydrogens (tertiary/aromatic N) is 3. The van der Waals surface area contributed by atoms with Crippen molar-refractivity contribution in [2.45, 2.75) is 0 Å². The van der Waals surface area contributed by atoms with E-state index in [9.17, 15) is 4.79 Å². The minimum absolute atomic E-state index is 0.180. The van der Waals surface area contributed by atoms with E-state index in [0.717, 1.165) is 22.6 Å². The average molecular weight is 365 g/mol. The van der Waals surface area contributed by atoms with E-state index in [1.165, 1.54) is 15.9 Å². The van der Waals surface area contributed by atoms with Gasteiger partial charge in [-0.15, -0.1) is 5.10 Å². The smallest absolute Gasteiger partial charge is 0.291 e. The number of thiazole rings is 1. The van der Waals surface area contributed by atoms with Crippen molar-refractivity contribution >= 4 is 22.4 Å². The highest BCUT2D eigenvalue weighted by Gasteiger charge is 2.12. The molecule has 0 spiro atoms. The number of ether oxygens (including phenoxy) is 2. The van der Waals surface area contributed by atoms with E-state index in [0.29, 0.717) is 15.3 Å². The third-order valence-corrected chi connectivity index (χ3v) is 4.88. The zero-order valence-electron chi connectivity index (χ0n) is 14.2. The molecule has 0 radical (unpaired) electrons. The highest BCUT2D eigenvalue weighted by Crippen LogP contribution is 2.20. The standard InChI is InChI=1S/C19H15N3O3S/c1-24-14-8-6-13(7-9-14)17-20-19-22(21-17)18(23)16(26-19)11-12-4-3-5-15(10-12)25-2/h3-11H,1-2H3/b16-11-. The number of rotatable bonds is 4. The summed E-state index contributed by atoms with van der Waals surface area (Å²) in [7, 11) is 3.23. The SMILES string of the molecule is COc1ccc(-c2nc3s/c(=C\c4cccc(OC)c4)c(=O)n3n2)cc1. The molecular weight excluding hydrogens is 350 g/mol. The van der Waals surface area contributed by atoms with E-state index in [4.69, 9.17) is 9.47 Å².